The first-order valence-corrected chi connectivity index (χ1v) is 11.7. The van der Waals surface area contributed by atoms with Crippen molar-refractivity contribution < 1.29 is 22.7 Å². The molecule has 5 nitrogen and oxygen atoms in total. The maximum Gasteiger partial charge on any atom is 0.416 e. The summed E-state index contributed by atoms with van der Waals surface area (Å²) in [4.78, 5) is 17.5. The van der Waals surface area contributed by atoms with Gasteiger partial charge in [0.05, 0.1) is 23.2 Å². The van der Waals surface area contributed by atoms with Gasteiger partial charge in [-0.25, -0.2) is 4.98 Å². The van der Waals surface area contributed by atoms with E-state index >= 15 is 0 Å². The van der Waals surface area contributed by atoms with E-state index in [4.69, 9.17) is 4.74 Å². The van der Waals surface area contributed by atoms with Gasteiger partial charge in [-0.3, -0.25) is 4.79 Å². The number of hydrogen-bond donors (Lipinski definition) is 2. The van der Waals surface area contributed by atoms with Gasteiger partial charge >= 0.3 is 6.18 Å². The molecule has 0 spiro atoms. The fourth-order valence-corrected chi connectivity index (χ4v) is 4.31. The molecular weight excluding hydrogens is 467 g/mol. The van der Waals surface area contributed by atoms with E-state index in [9.17, 15) is 18.0 Å². The van der Waals surface area contributed by atoms with Crippen molar-refractivity contribution >= 4 is 22.5 Å². The predicted octanol–water partition coefficient (Wildman–Crippen LogP) is 5.84. The average molecular weight is 492 g/mol. The predicted molar refractivity (Wildman–Crippen MR) is 133 cm³/mol. The highest BCUT2D eigenvalue weighted by Gasteiger charge is 2.30. The quantitative estimate of drug-likeness (QED) is 0.356. The number of para-hydroxylation sites is 1. The smallest absolute Gasteiger partial charge is 0.416 e. The van der Waals surface area contributed by atoms with Crippen LogP contribution in [0.5, 0.6) is 5.75 Å². The van der Waals surface area contributed by atoms with Gasteiger partial charge in [-0.2, -0.15) is 13.2 Å². The van der Waals surface area contributed by atoms with Crippen LogP contribution in [0.4, 0.5) is 18.9 Å². The van der Waals surface area contributed by atoms with Crippen molar-refractivity contribution in [3.05, 3.63) is 90.0 Å². The number of alkyl halides is 3. The summed E-state index contributed by atoms with van der Waals surface area (Å²) in [5.74, 6) is 0.465. The van der Waals surface area contributed by atoms with Gasteiger partial charge in [-0.05, 0) is 48.9 Å². The molecule has 5 rings (SSSR count). The number of anilines is 1. The minimum absolute atomic E-state index is 0.0635. The van der Waals surface area contributed by atoms with Crippen LogP contribution in [-0.2, 0) is 17.4 Å². The van der Waals surface area contributed by atoms with Crippen LogP contribution in [0.15, 0.2) is 78.9 Å². The van der Waals surface area contributed by atoms with Gasteiger partial charge in [0.25, 0.3) is 0 Å². The summed E-state index contributed by atoms with van der Waals surface area (Å²) in [6.07, 6.45) is -3.32. The zero-order chi connectivity index (χ0) is 25.1. The van der Waals surface area contributed by atoms with Crippen molar-refractivity contribution in [3.8, 4) is 17.0 Å². The number of ether oxygens (including phenoxy) is 1. The van der Waals surface area contributed by atoms with Crippen molar-refractivity contribution in [1.29, 1.82) is 0 Å². The summed E-state index contributed by atoms with van der Waals surface area (Å²) in [7, 11) is 0. The van der Waals surface area contributed by atoms with Crippen LogP contribution in [0, 0.1) is 0 Å². The molecule has 2 heterocycles. The normalized spacial score (nSPS) is 15.7. The summed E-state index contributed by atoms with van der Waals surface area (Å²) < 4.78 is 45.5. The number of benzene rings is 3. The van der Waals surface area contributed by atoms with E-state index < -0.39 is 11.7 Å². The second-order valence-corrected chi connectivity index (χ2v) is 8.75. The van der Waals surface area contributed by atoms with Gasteiger partial charge in [-0.15, -0.1) is 0 Å². The Morgan fingerprint density at radius 3 is 2.67 bits per heavy atom. The third-order valence-electron chi connectivity index (χ3n) is 6.08. The Morgan fingerprint density at radius 1 is 1.03 bits per heavy atom. The second-order valence-electron chi connectivity index (χ2n) is 8.75. The number of amides is 1. The molecule has 1 aromatic heterocycles. The van der Waals surface area contributed by atoms with Gasteiger partial charge in [0, 0.05) is 29.2 Å². The lowest BCUT2D eigenvalue weighted by Gasteiger charge is -2.14. The average Bonchev–Trinajstić information content (AvgIpc) is 3.37. The molecule has 4 aromatic rings. The number of carbonyl (C=O) groups excluding carboxylic acids is 1. The molecule has 1 unspecified atom stereocenters. The monoisotopic (exact) mass is 491 g/mol. The molecule has 1 atom stereocenters. The molecule has 8 heteroatoms. The van der Waals surface area contributed by atoms with Crippen molar-refractivity contribution in [1.82, 2.24) is 10.3 Å². The Balaban J connectivity index is 1.35. The number of halogens is 3. The van der Waals surface area contributed by atoms with E-state index in [1.54, 1.807) is 36.4 Å². The standard InChI is InChI=1S/C28H24F3N3O2/c29-28(30,31)21-7-2-5-19(14-21)25-11-10-18-4-1-6-20(27(18)34-25)15-26(35)33-22-8-3-9-23(16-22)36-24-12-13-32-17-24/h1-11,14,16,24,32H,12-13,15,17H2,(H,33,35). The zero-order valence-electron chi connectivity index (χ0n) is 19.3. The highest BCUT2D eigenvalue weighted by atomic mass is 19.4. The number of nitrogens with one attached hydrogen (secondary N) is 2. The minimum Gasteiger partial charge on any atom is -0.489 e. The van der Waals surface area contributed by atoms with Crippen LogP contribution < -0.4 is 15.4 Å². The van der Waals surface area contributed by atoms with E-state index in [1.807, 2.05) is 24.3 Å². The molecule has 0 saturated carbocycles. The fourth-order valence-electron chi connectivity index (χ4n) is 4.31. The van der Waals surface area contributed by atoms with Crippen LogP contribution in [0.1, 0.15) is 17.5 Å². The molecule has 1 amide bonds. The van der Waals surface area contributed by atoms with Crippen LogP contribution in [0.25, 0.3) is 22.2 Å². The molecule has 0 bridgehead atoms. The van der Waals surface area contributed by atoms with Crippen LogP contribution >= 0.6 is 0 Å². The van der Waals surface area contributed by atoms with Crippen LogP contribution in [0.3, 0.4) is 0 Å². The molecule has 3 aromatic carbocycles. The first kappa shape index (κ1) is 23.8. The molecule has 2 N–H and O–H groups in total. The van der Waals surface area contributed by atoms with E-state index in [-0.39, 0.29) is 18.4 Å². The Hall–Kier alpha value is -3.91. The molecule has 1 aliphatic rings. The third kappa shape index (κ3) is 5.49. The number of rotatable bonds is 6. The molecule has 0 aliphatic carbocycles. The van der Waals surface area contributed by atoms with Gasteiger partial charge in [0.15, 0.2) is 0 Å². The van der Waals surface area contributed by atoms with Crippen molar-refractivity contribution in [3.63, 3.8) is 0 Å². The summed E-state index contributed by atoms with van der Waals surface area (Å²) >= 11 is 0. The molecule has 36 heavy (non-hydrogen) atoms. The number of fused-ring (bicyclic) bond motifs is 1. The molecule has 184 valence electrons. The Kier molecular flexibility index (Phi) is 6.61. The number of aromatic nitrogens is 1. The molecule has 1 saturated heterocycles. The van der Waals surface area contributed by atoms with Crippen molar-refractivity contribution in [2.45, 2.75) is 25.1 Å². The zero-order valence-corrected chi connectivity index (χ0v) is 19.3. The molecule has 1 fully saturated rings. The topological polar surface area (TPSA) is 63.2 Å². The summed E-state index contributed by atoms with van der Waals surface area (Å²) in [6.45, 7) is 1.72. The van der Waals surface area contributed by atoms with Gasteiger partial charge in [-0.1, -0.05) is 42.5 Å². The summed E-state index contributed by atoms with van der Waals surface area (Å²) in [6, 6.07) is 21.3. The fraction of sp³-hybridized carbons (Fsp3) is 0.214. The van der Waals surface area contributed by atoms with Crippen molar-refractivity contribution in [2.75, 3.05) is 18.4 Å². The molecular formula is C28H24F3N3O2. The lowest BCUT2D eigenvalue weighted by atomic mass is 10.0. The number of carbonyl (C=O) groups is 1. The van der Waals surface area contributed by atoms with E-state index in [0.717, 1.165) is 37.0 Å². The highest BCUT2D eigenvalue weighted by Crippen LogP contribution is 2.32. The molecule has 0 radical (unpaired) electrons. The number of hydrogen-bond acceptors (Lipinski definition) is 4. The van der Waals surface area contributed by atoms with E-state index in [1.165, 1.54) is 6.07 Å². The Bertz CT molecular complexity index is 1400. The summed E-state index contributed by atoms with van der Waals surface area (Å²) in [5, 5.41) is 6.96. The molecule has 1 aliphatic heterocycles. The lowest BCUT2D eigenvalue weighted by molar-refractivity contribution is -0.137. The largest absolute Gasteiger partial charge is 0.489 e. The van der Waals surface area contributed by atoms with Gasteiger partial charge in [0.2, 0.25) is 5.91 Å². The number of pyridine rings is 1. The van der Waals surface area contributed by atoms with Crippen LogP contribution in [-0.4, -0.2) is 30.1 Å². The summed E-state index contributed by atoms with van der Waals surface area (Å²) in [5.41, 5.74) is 1.93. The Morgan fingerprint density at radius 2 is 1.86 bits per heavy atom. The SMILES string of the molecule is O=C(Cc1cccc2ccc(-c3cccc(C(F)(F)F)c3)nc12)Nc1cccc(OC2CCNC2)c1. The van der Waals surface area contributed by atoms with Crippen LogP contribution in [0.2, 0.25) is 0 Å². The van der Waals surface area contributed by atoms with E-state index in [2.05, 4.69) is 15.6 Å². The first-order valence-electron chi connectivity index (χ1n) is 11.7. The van der Waals surface area contributed by atoms with Gasteiger partial charge in [0.1, 0.15) is 11.9 Å². The van der Waals surface area contributed by atoms with Crippen molar-refractivity contribution in [2.24, 2.45) is 0 Å². The van der Waals surface area contributed by atoms with E-state index in [0.29, 0.717) is 33.8 Å². The first-order chi connectivity index (χ1) is 17.3. The minimum atomic E-state index is -4.44. The second kappa shape index (κ2) is 9.99. The lowest BCUT2D eigenvalue weighted by Crippen LogP contribution is -2.19. The highest BCUT2D eigenvalue weighted by molar-refractivity contribution is 5.95. The number of nitrogens with zero attached hydrogens (tertiary/aromatic N) is 1. The maximum atomic E-state index is 13.2. The third-order valence-corrected chi connectivity index (χ3v) is 6.08. The van der Waals surface area contributed by atoms with Gasteiger partial charge < -0.3 is 15.4 Å². The maximum absolute atomic E-state index is 13.2. The Labute approximate surface area is 206 Å².